The highest BCUT2D eigenvalue weighted by Gasteiger charge is 2.39. The van der Waals surface area contributed by atoms with Crippen LogP contribution in [0, 0.1) is 11.3 Å². The lowest BCUT2D eigenvalue weighted by molar-refractivity contribution is -0.130. The summed E-state index contributed by atoms with van der Waals surface area (Å²) in [6.07, 6.45) is 2.16. The first-order chi connectivity index (χ1) is 14.0. The Morgan fingerprint density at radius 1 is 1.14 bits per heavy atom. The molecule has 3 N–H and O–H groups in total. The lowest BCUT2D eigenvalue weighted by Gasteiger charge is -2.13. The number of nitrogens with one attached hydrogen (secondary N) is 3. The number of carbonyl (C=O) groups excluding carboxylic acids is 3. The fourth-order valence-electron chi connectivity index (χ4n) is 3.36. The molecular weight excluding hydrogens is 370 g/mol. The SMILES string of the molecule is N#Cc1ccc(NC(=O)CN2C(=O)NC(Cc3c[nH]c4ccccc34)C2=O)cc1. The molecule has 1 aliphatic rings. The quantitative estimate of drug-likeness (QED) is 0.581. The normalized spacial score (nSPS) is 16.0. The molecule has 1 fully saturated rings. The molecule has 8 heteroatoms. The third-order valence-electron chi connectivity index (χ3n) is 4.81. The van der Waals surface area contributed by atoms with Crippen LogP contribution in [0.25, 0.3) is 10.9 Å². The van der Waals surface area contributed by atoms with E-state index in [1.807, 2.05) is 36.5 Å². The first-order valence-electron chi connectivity index (χ1n) is 9.02. The Morgan fingerprint density at radius 3 is 2.66 bits per heavy atom. The highest BCUT2D eigenvalue weighted by atomic mass is 16.2. The zero-order chi connectivity index (χ0) is 20.4. The smallest absolute Gasteiger partial charge is 0.325 e. The Morgan fingerprint density at radius 2 is 1.90 bits per heavy atom. The van der Waals surface area contributed by atoms with Gasteiger partial charge in [-0.25, -0.2) is 4.79 Å². The van der Waals surface area contributed by atoms with Gasteiger partial charge in [-0.15, -0.1) is 0 Å². The summed E-state index contributed by atoms with van der Waals surface area (Å²) in [7, 11) is 0. The van der Waals surface area contributed by atoms with Gasteiger partial charge in [-0.1, -0.05) is 18.2 Å². The number of imide groups is 1. The van der Waals surface area contributed by atoms with Crippen molar-refractivity contribution in [2.45, 2.75) is 12.5 Å². The van der Waals surface area contributed by atoms with Crippen molar-refractivity contribution in [3.8, 4) is 6.07 Å². The number of H-pyrrole nitrogens is 1. The number of carbonyl (C=O) groups is 3. The second-order valence-corrected chi connectivity index (χ2v) is 6.73. The Kier molecular flexibility index (Phi) is 4.71. The summed E-state index contributed by atoms with van der Waals surface area (Å²) in [6.45, 7) is -0.380. The number of amides is 4. The highest BCUT2D eigenvalue weighted by Crippen LogP contribution is 2.21. The summed E-state index contributed by atoms with van der Waals surface area (Å²) in [5, 5.41) is 15.1. The van der Waals surface area contributed by atoms with Crippen molar-refractivity contribution in [2.24, 2.45) is 0 Å². The van der Waals surface area contributed by atoms with E-state index in [0.717, 1.165) is 21.4 Å². The van der Waals surface area contributed by atoms with E-state index in [-0.39, 0.29) is 6.54 Å². The van der Waals surface area contributed by atoms with Crippen LogP contribution in [0.1, 0.15) is 11.1 Å². The Labute approximate surface area is 166 Å². The summed E-state index contributed by atoms with van der Waals surface area (Å²) in [6, 6.07) is 14.7. The molecule has 0 radical (unpaired) electrons. The number of benzene rings is 2. The predicted molar refractivity (Wildman–Crippen MR) is 106 cm³/mol. The number of aromatic amines is 1. The number of rotatable bonds is 5. The van der Waals surface area contributed by atoms with Crippen molar-refractivity contribution in [1.29, 1.82) is 5.26 Å². The van der Waals surface area contributed by atoms with Crippen molar-refractivity contribution in [3.63, 3.8) is 0 Å². The third kappa shape index (κ3) is 3.66. The molecule has 4 amide bonds. The van der Waals surface area contributed by atoms with Gasteiger partial charge in [0.25, 0.3) is 5.91 Å². The van der Waals surface area contributed by atoms with Crippen molar-refractivity contribution in [3.05, 3.63) is 65.9 Å². The first-order valence-corrected chi connectivity index (χ1v) is 9.02. The van der Waals surface area contributed by atoms with E-state index in [0.29, 0.717) is 17.7 Å². The van der Waals surface area contributed by atoms with Crippen LogP contribution in [-0.4, -0.2) is 40.3 Å². The van der Waals surface area contributed by atoms with Crippen LogP contribution < -0.4 is 10.6 Å². The minimum absolute atomic E-state index is 0.336. The van der Waals surface area contributed by atoms with Crippen molar-refractivity contribution >= 4 is 34.4 Å². The maximum absolute atomic E-state index is 12.7. The molecule has 0 aliphatic carbocycles. The van der Waals surface area contributed by atoms with Gasteiger partial charge in [-0.2, -0.15) is 5.26 Å². The molecule has 1 saturated heterocycles. The minimum Gasteiger partial charge on any atom is -0.361 e. The monoisotopic (exact) mass is 387 g/mol. The summed E-state index contributed by atoms with van der Waals surface area (Å²) in [4.78, 5) is 41.2. The van der Waals surface area contributed by atoms with E-state index in [2.05, 4.69) is 15.6 Å². The van der Waals surface area contributed by atoms with Crippen LogP contribution in [0.2, 0.25) is 0 Å². The fraction of sp³-hybridized carbons (Fsp3) is 0.143. The van der Waals surface area contributed by atoms with Crippen LogP contribution in [-0.2, 0) is 16.0 Å². The molecule has 0 bridgehead atoms. The number of aromatic nitrogens is 1. The van der Waals surface area contributed by atoms with Gasteiger partial charge in [0, 0.05) is 29.2 Å². The van der Waals surface area contributed by atoms with E-state index in [9.17, 15) is 14.4 Å². The Balaban J connectivity index is 1.41. The maximum atomic E-state index is 12.7. The second-order valence-electron chi connectivity index (χ2n) is 6.73. The topological polar surface area (TPSA) is 118 Å². The number of nitrogens with zero attached hydrogens (tertiary/aromatic N) is 2. The lowest BCUT2D eigenvalue weighted by Crippen LogP contribution is -2.38. The van der Waals surface area contributed by atoms with Crippen molar-refractivity contribution < 1.29 is 14.4 Å². The molecule has 1 aromatic heterocycles. The van der Waals surface area contributed by atoms with Crippen LogP contribution in [0.3, 0.4) is 0 Å². The molecule has 1 aliphatic heterocycles. The molecule has 2 heterocycles. The molecule has 2 aromatic carbocycles. The van der Waals surface area contributed by atoms with Crippen LogP contribution in [0.4, 0.5) is 10.5 Å². The number of hydrogen-bond donors (Lipinski definition) is 3. The molecular formula is C21H17N5O3. The van der Waals surface area contributed by atoms with Gasteiger partial charge in [0.1, 0.15) is 12.6 Å². The molecule has 3 aromatic rings. The number of hydrogen-bond acceptors (Lipinski definition) is 4. The average molecular weight is 387 g/mol. The van der Waals surface area contributed by atoms with Gasteiger partial charge >= 0.3 is 6.03 Å². The van der Waals surface area contributed by atoms with Crippen molar-refractivity contribution in [1.82, 2.24) is 15.2 Å². The molecule has 1 unspecified atom stereocenters. The summed E-state index contributed by atoms with van der Waals surface area (Å²) < 4.78 is 0. The molecule has 1 atom stereocenters. The third-order valence-corrected chi connectivity index (χ3v) is 4.81. The van der Waals surface area contributed by atoms with Gasteiger partial charge < -0.3 is 15.6 Å². The second kappa shape index (κ2) is 7.48. The molecule has 4 rings (SSSR count). The number of anilines is 1. The van der Waals surface area contributed by atoms with Gasteiger partial charge in [0.2, 0.25) is 5.91 Å². The molecule has 0 saturated carbocycles. The van der Waals surface area contributed by atoms with E-state index in [4.69, 9.17) is 5.26 Å². The van der Waals surface area contributed by atoms with Gasteiger partial charge in [-0.05, 0) is 35.9 Å². The first kappa shape index (κ1) is 18.3. The highest BCUT2D eigenvalue weighted by molar-refractivity contribution is 6.08. The minimum atomic E-state index is -0.718. The van der Waals surface area contributed by atoms with Gasteiger partial charge in [0.15, 0.2) is 0 Å². The van der Waals surface area contributed by atoms with Crippen molar-refractivity contribution in [2.75, 3.05) is 11.9 Å². The zero-order valence-corrected chi connectivity index (χ0v) is 15.3. The Hall–Kier alpha value is -4.12. The van der Waals surface area contributed by atoms with E-state index in [1.54, 1.807) is 24.3 Å². The number of fused-ring (bicyclic) bond motifs is 1. The number of nitriles is 1. The zero-order valence-electron chi connectivity index (χ0n) is 15.3. The van der Waals surface area contributed by atoms with E-state index >= 15 is 0 Å². The standard InChI is InChI=1S/C21H17N5O3/c22-10-13-5-7-15(8-6-13)24-19(27)12-26-20(28)18(25-21(26)29)9-14-11-23-17-4-2-1-3-16(14)17/h1-8,11,18,23H,9,12H2,(H,24,27)(H,25,29). The van der Waals surface area contributed by atoms with Crippen LogP contribution >= 0.6 is 0 Å². The van der Waals surface area contributed by atoms with Crippen LogP contribution in [0.15, 0.2) is 54.7 Å². The summed E-state index contributed by atoms with van der Waals surface area (Å²) >= 11 is 0. The summed E-state index contributed by atoms with van der Waals surface area (Å²) in [5.41, 5.74) is 2.83. The van der Waals surface area contributed by atoms with Gasteiger partial charge in [-0.3, -0.25) is 14.5 Å². The molecule has 0 spiro atoms. The van der Waals surface area contributed by atoms with Crippen LogP contribution in [0.5, 0.6) is 0 Å². The Bertz CT molecular complexity index is 1140. The average Bonchev–Trinajstić information content (AvgIpc) is 3.25. The number of urea groups is 1. The van der Waals surface area contributed by atoms with E-state index < -0.39 is 23.9 Å². The summed E-state index contributed by atoms with van der Waals surface area (Å²) in [5.74, 6) is -0.929. The predicted octanol–water partition coefficient (Wildman–Crippen LogP) is 2.14. The maximum Gasteiger partial charge on any atom is 0.325 e. The lowest BCUT2D eigenvalue weighted by atomic mass is 10.1. The van der Waals surface area contributed by atoms with Gasteiger partial charge in [0.05, 0.1) is 11.6 Å². The molecule has 29 heavy (non-hydrogen) atoms. The fourth-order valence-corrected chi connectivity index (χ4v) is 3.36. The molecule has 8 nitrogen and oxygen atoms in total. The van der Waals surface area contributed by atoms with E-state index in [1.165, 1.54) is 0 Å². The molecule has 144 valence electrons. The largest absolute Gasteiger partial charge is 0.361 e. The number of para-hydroxylation sites is 1.